The predicted molar refractivity (Wildman–Crippen MR) is 73.5 cm³/mol. The van der Waals surface area contributed by atoms with Crippen molar-refractivity contribution in [2.75, 3.05) is 13.7 Å². The van der Waals surface area contributed by atoms with E-state index in [2.05, 4.69) is 10.2 Å². The molecule has 1 heterocycles. The van der Waals surface area contributed by atoms with Crippen LogP contribution in [0.15, 0.2) is 24.3 Å². The molecule has 0 radical (unpaired) electrons. The Balaban J connectivity index is 2.24. The summed E-state index contributed by atoms with van der Waals surface area (Å²) in [6, 6.07) is 7.73. The van der Waals surface area contributed by atoms with Crippen molar-refractivity contribution in [1.29, 1.82) is 0 Å². The molecule has 0 amide bonds. The molecule has 2 rings (SSSR count). The molecule has 96 valence electrons. The highest BCUT2D eigenvalue weighted by molar-refractivity contribution is 7.71. The van der Waals surface area contributed by atoms with E-state index in [0.717, 1.165) is 16.4 Å². The number of rotatable bonds is 5. The fourth-order valence-corrected chi connectivity index (χ4v) is 2.16. The van der Waals surface area contributed by atoms with E-state index in [0.29, 0.717) is 24.3 Å². The smallest absolute Gasteiger partial charge is 0.195 e. The molecule has 4 nitrogen and oxygen atoms in total. The van der Waals surface area contributed by atoms with Gasteiger partial charge in [-0.25, -0.2) is 0 Å². The number of nitrogens with zero attached hydrogens (tertiary/aromatic N) is 2. The van der Waals surface area contributed by atoms with Crippen LogP contribution in [0, 0.1) is 4.77 Å². The summed E-state index contributed by atoms with van der Waals surface area (Å²) in [6.07, 6.45) is 0.649. The average Bonchev–Trinajstić information content (AvgIpc) is 2.71. The highest BCUT2D eigenvalue weighted by Gasteiger charge is 2.08. The molecule has 0 spiro atoms. The average molecular weight is 284 g/mol. The number of aromatic amines is 1. The van der Waals surface area contributed by atoms with Gasteiger partial charge in [0.1, 0.15) is 5.82 Å². The van der Waals surface area contributed by atoms with Crippen LogP contribution >= 0.6 is 23.8 Å². The predicted octanol–water partition coefficient (Wildman–Crippen LogP) is 2.83. The first-order chi connectivity index (χ1) is 8.72. The third-order valence-electron chi connectivity index (χ3n) is 2.66. The first-order valence-corrected chi connectivity index (χ1v) is 6.37. The molecule has 0 bridgehead atoms. The molecule has 18 heavy (non-hydrogen) atoms. The highest BCUT2D eigenvalue weighted by Crippen LogP contribution is 2.18. The Bertz CT molecular complexity index is 579. The zero-order valence-electron chi connectivity index (χ0n) is 10.0. The Kier molecular flexibility index (Phi) is 4.52. The third-order valence-corrected chi connectivity index (χ3v) is 3.34. The molecule has 2 aromatic rings. The molecule has 0 fully saturated rings. The van der Waals surface area contributed by atoms with Crippen molar-refractivity contribution in [3.8, 4) is 0 Å². The van der Waals surface area contributed by atoms with Gasteiger partial charge in [-0.1, -0.05) is 29.8 Å². The van der Waals surface area contributed by atoms with Crippen molar-refractivity contribution in [3.05, 3.63) is 45.4 Å². The van der Waals surface area contributed by atoms with E-state index in [9.17, 15) is 0 Å². The van der Waals surface area contributed by atoms with E-state index in [1.165, 1.54) is 0 Å². The molecule has 0 unspecified atom stereocenters. The Morgan fingerprint density at radius 3 is 2.94 bits per heavy atom. The van der Waals surface area contributed by atoms with Crippen LogP contribution in [0.2, 0.25) is 5.02 Å². The summed E-state index contributed by atoms with van der Waals surface area (Å²) in [7, 11) is 1.66. The second kappa shape index (κ2) is 6.13. The Morgan fingerprint density at radius 1 is 1.44 bits per heavy atom. The quantitative estimate of drug-likeness (QED) is 0.858. The van der Waals surface area contributed by atoms with E-state index in [4.69, 9.17) is 28.6 Å². The van der Waals surface area contributed by atoms with E-state index in [1.54, 1.807) is 7.11 Å². The van der Waals surface area contributed by atoms with Crippen molar-refractivity contribution in [2.45, 2.75) is 13.0 Å². The molecule has 0 aliphatic rings. The number of aromatic nitrogens is 3. The fourth-order valence-electron chi connectivity index (χ4n) is 1.71. The summed E-state index contributed by atoms with van der Waals surface area (Å²) in [5.74, 6) is 0.866. The maximum absolute atomic E-state index is 6.14. The van der Waals surface area contributed by atoms with Crippen LogP contribution < -0.4 is 0 Å². The lowest BCUT2D eigenvalue weighted by Crippen LogP contribution is -2.09. The highest BCUT2D eigenvalue weighted by atomic mass is 35.5. The summed E-state index contributed by atoms with van der Waals surface area (Å²) in [4.78, 5) is 0. The molecule has 0 saturated carbocycles. The molecule has 1 N–H and O–H groups in total. The van der Waals surface area contributed by atoms with Gasteiger partial charge in [-0.2, -0.15) is 5.10 Å². The van der Waals surface area contributed by atoms with Crippen LogP contribution in [0.3, 0.4) is 0 Å². The van der Waals surface area contributed by atoms with Crippen LogP contribution in [0.4, 0.5) is 0 Å². The van der Waals surface area contributed by atoms with E-state index in [1.807, 2.05) is 28.8 Å². The lowest BCUT2D eigenvalue weighted by Gasteiger charge is -2.07. The van der Waals surface area contributed by atoms with Gasteiger partial charge in [-0.05, 0) is 23.8 Å². The fraction of sp³-hybridized carbons (Fsp3) is 0.333. The minimum Gasteiger partial charge on any atom is -0.383 e. The molecule has 6 heteroatoms. The number of halogens is 1. The van der Waals surface area contributed by atoms with E-state index in [-0.39, 0.29) is 0 Å². The van der Waals surface area contributed by atoms with Crippen LogP contribution in [0.25, 0.3) is 0 Å². The molecular weight excluding hydrogens is 270 g/mol. The number of hydrogen-bond acceptors (Lipinski definition) is 3. The van der Waals surface area contributed by atoms with E-state index < -0.39 is 0 Å². The van der Waals surface area contributed by atoms with Crippen molar-refractivity contribution >= 4 is 23.8 Å². The molecule has 0 aliphatic carbocycles. The van der Waals surface area contributed by atoms with Gasteiger partial charge in [0.2, 0.25) is 0 Å². The number of nitrogens with one attached hydrogen (secondary N) is 1. The zero-order valence-corrected chi connectivity index (χ0v) is 11.6. The van der Waals surface area contributed by atoms with E-state index >= 15 is 0 Å². The van der Waals surface area contributed by atoms with Crippen LogP contribution in [0.1, 0.15) is 11.4 Å². The van der Waals surface area contributed by atoms with Gasteiger partial charge in [0.25, 0.3) is 0 Å². The normalized spacial score (nSPS) is 10.8. The van der Waals surface area contributed by atoms with Gasteiger partial charge in [-0.15, -0.1) is 0 Å². The van der Waals surface area contributed by atoms with Crippen molar-refractivity contribution in [3.63, 3.8) is 0 Å². The maximum atomic E-state index is 6.14. The largest absolute Gasteiger partial charge is 0.383 e. The van der Waals surface area contributed by atoms with Gasteiger partial charge in [0.05, 0.1) is 6.61 Å². The lowest BCUT2D eigenvalue weighted by molar-refractivity contribution is 0.186. The van der Waals surface area contributed by atoms with Gasteiger partial charge >= 0.3 is 0 Å². The standard InChI is InChI=1S/C12H14ClN3OS/c1-17-7-6-16-11(14-15-12(16)18)8-9-4-2-3-5-10(9)13/h2-5H,6-8H2,1H3,(H,15,18). The topological polar surface area (TPSA) is 42.8 Å². The first-order valence-electron chi connectivity index (χ1n) is 5.59. The zero-order chi connectivity index (χ0) is 13.0. The lowest BCUT2D eigenvalue weighted by atomic mass is 10.1. The van der Waals surface area contributed by atoms with Gasteiger partial charge < -0.3 is 9.30 Å². The van der Waals surface area contributed by atoms with Crippen LogP contribution in [0.5, 0.6) is 0 Å². The molecule has 0 saturated heterocycles. The van der Waals surface area contributed by atoms with Crippen molar-refractivity contribution < 1.29 is 4.74 Å². The second-order valence-electron chi connectivity index (χ2n) is 3.86. The summed E-state index contributed by atoms with van der Waals surface area (Å²) >= 11 is 11.3. The summed E-state index contributed by atoms with van der Waals surface area (Å²) in [6.45, 7) is 1.29. The van der Waals surface area contributed by atoms with Gasteiger partial charge in [-0.3, -0.25) is 5.10 Å². The summed E-state index contributed by atoms with van der Waals surface area (Å²) < 4.78 is 7.60. The number of ether oxygens (including phenoxy) is 1. The summed E-state index contributed by atoms with van der Waals surface area (Å²) in [5, 5.41) is 7.78. The third kappa shape index (κ3) is 2.98. The van der Waals surface area contributed by atoms with Crippen molar-refractivity contribution in [2.24, 2.45) is 0 Å². The Hall–Kier alpha value is -1.17. The first kappa shape index (κ1) is 13.3. The monoisotopic (exact) mass is 283 g/mol. The van der Waals surface area contributed by atoms with Gasteiger partial charge in [0.15, 0.2) is 4.77 Å². The van der Waals surface area contributed by atoms with Crippen molar-refractivity contribution in [1.82, 2.24) is 14.8 Å². The molecular formula is C12H14ClN3OS. The second-order valence-corrected chi connectivity index (χ2v) is 4.65. The molecule has 0 atom stereocenters. The van der Waals surface area contributed by atoms with Crippen LogP contribution in [-0.4, -0.2) is 28.5 Å². The molecule has 0 aliphatic heterocycles. The van der Waals surface area contributed by atoms with Gasteiger partial charge in [0, 0.05) is 25.1 Å². The molecule has 1 aromatic heterocycles. The minimum absolute atomic E-state index is 0.601. The number of methoxy groups -OCH3 is 1. The maximum Gasteiger partial charge on any atom is 0.195 e. The number of H-pyrrole nitrogens is 1. The number of benzene rings is 1. The number of hydrogen-bond donors (Lipinski definition) is 1. The molecule has 1 aromatic carbocycles. The summed E-state index contributed by atoms with van der Waals surface area (Å²) in [5.41, 5.74) is 1.03. The minimum atomic E-state index is 0.601. The Morgan fingerprint density at radius 2 is 2.22 bits per heavy atom. The Labute approximate surface area is 116 Å². The SMILES string of the molecule is COCCn1c(Cc2ccccc2Cl)n[nH]c1=S. The van der Waals surface area contributed by atoms with Crippen LogP contribution in [-0.2, 0) is 17.7 Å².